The van der Waals surface area contributed by atoms with Gasteiger partial charge >= 0.3 is 6.36 Å². The van der Waals surface area contributed by atoms with E-state index in [-0.39, 0.29) is 17.1 Å². The van der Waals surface area contributed by atoms with Crippen molar-refractivity contribution in [2.75, 3.05) is 12.3 Å². The standard InChI is InChI=1S/C16H15F3N8O2/c1-3-13-23-26-27(25-13)9-4-5-10(12(8-9)29-16(17,18)19)22-11-6-7-21-24-14(11)15(28)20-2/h4-8H,3H2,1-2H3,(H,20,28)(H,21,22)/i2D3. The predicted octanol–water partition coefficient (Wildman–Crippen LogP) is 2.02. The molecule has 3 aromatic rings. The van der Waals surface area contributed by atoms with Crippen molar-refractivity contribution in [3.8, 4) is 11.4 Å². The van der Waals surface area contributed by atoms with E-state index in [9.17, 15) is 18.0 Å². The van der Waals surface area contributed by atoms with Crippen molar-refractivity contribution in [1.82, 2.24) is 35.7 Å². The summed E-state index contributed by atoms with van der Waals surface area (Å²) in [6.45, 7) is -1.02. The molecule has 2 N–H and O–H groups in total. The van der Waals surface area contributed by atoms with Crippen LogP contribution in [0.1, 0.15) is 27.3 Å². The van der Waals surface area contributed by atoms with Crippen molar-refractivity contribution in [3.63, 3.8) is 0 Å². The highest BCUT2D eigenvalue weighted by Gasteiger charge is 2.32. The third-order valence-corrected chi connectivity index (χ3v) is 3.51. The Bertz CT molecular complexity index is 1120. The lowest BCUT2D eigenvalue weighted by Crippen LogP contribution is -2.21. The molecule has 0 aliphatic heterocycles. The fourth-order valence-electron chi connectivity index (χ4n) is 2.25. The molecule has 0 aliphatic carbocycles. The number of benzene rings is 1. The Hall–Kier alpha value is -3.77. The quantitative estimate of drug-likeness (QED) is 0.632. The molecule has 0 spiro atoms. The maximum absolute atomic E-state index is 13.0. The summed E-state index contributed by atoms with van der Waals surface area (Å²) >= 11 is 0. The number of rotatable bonds is 6. The minimum absolute atomic E-state index is 0.103. The van der Waals surface area contributed by atoms with Crippen LogP contribution in [0.4, 0.5) is 24.5 Å². The van der Waals surface area contributed by atoms with Crippen LogP contribution in [0.15, 0.2) is 30.5 Å². The van der Waals surface area contributed by atoms with Crippen LogP contribution in [-0.4, -0.2) is 49.6 Å². The molecule has 0 radical (unpaired) electrons. The number of ether oxygens (including phenoxy) is 1. The number of anilines is 2. The van der Waals surface area contributed by atoms with Crippen LogP contribution in [0.2, 0.25) is 0 Å². The van der Waals surface area contributed by atoms with Crippen LogP contribution in [0.3, 0.4) is 0 Å². The van der Waals surface area contributed by atoms with Gasteiger partial charge in [-0.3, -0.25) is 4.79 Å². The van der Waals surface area contributed by atoms with Gasteiger partial charge in [-0.15, -0.1) is 33.3 Å². The smallest absolute Gasteiger partial charge is 0.403 e. The van der Waals surface area contributed by atoms with Crippen LogP contribution in [0.5, 0.6) is 5.75 Å². The Morgan fingerprint density at radius 1 is 1.28 bits per heavy atom. The number of amides is 1. The topological polar surface area (TPSA) is 120 Å². The lowest BCUT2D eigenvalue weighted by atomic mass is 10.2. The Labute approximate surface area is 166 Å². The zero-order chi connectivity index (χ0) is 23.5. The van der Waals surface area contributed by atoms with Crippen LogP contribution in [0, 0.1) is 0 Å². The molecule has 2 heterocycles. The molecule has 152 valence electrons. The predicted molar refractivity (Wildman–Crippen MR) is 93.9 cm³/mol. The van der Waals surface area contributed by atoms with Gasteiger partial charge in [0.15, 0.2) is 17.3 Å². The number of nitrogens with one attached hydrogen (secondary N) is 2. The fraction of sp³-hybridized carbons (Fsp3) is 0.250. The Morgan fingerprint density at radius 3 is 2.79 bits per heavy atom. The number of carbonyl (C=O) groups excluding carboxylic acids is 1. The number of hydrogen-bond donors (Lipinski definition) is 2. The second-order valence-corrected chi connectivity index (χ2v) is 5.45. The van der Waals surface area contributed by atoms with Crippen molar-refractivity contribution in [2.24, 2.45) is 0 Å². The normalized spacial score (nSPS) is 13.2. The van der Waals surface area contributed by atoms with Gasteiger partial charge in [-0.1, -0.05) is 6.92 Å². The maximum atomic E-state index is 13.0. The molecule has 0 unspecified atom stereocenters. The van der Waals surface area contributed by atoms with Gasteiger partial charge in [0.05, 0.1) is 23.3 Å². The van der Waals surface area contributed by atoms with Crippen molar-refractivity contribution < 1.29 is 26.8 Å². The van der Waals surface area contributed by atoms with Gasteiger partial charge in [0.25, 0.3) is 5.91 Å². The average Bonchev–Trinajstić information content (AvgIpc) is 3.16. The highest BCUT2D eigenvalue weighted by Crippen LogP contribution is 2.34. The molecule has 0 saturated carbocycles. The fourth-order valence-corrected chi connectivity index (χ4v) is 2.25. The average molecular weight is 411 g/mol. The van der Waals surface area contributed by atoms with Crippen molar-refractivity contribution >= 4 is 17.3 Å². The summed E-state index contributed by atoms with van der Waals surface area (Å²) in [5.41, 5.74) is -0.613. The lowest BCUT2D eigenvalue weighted by Gasteiger charge is -2.16. The molecule has 0 aliphatic rings. The van der Waals surface area contributed by atoms with Crippen molar-refractivity contribution in [2.45, 2.75) is 19.7 Å². The zero-order valence-electron chi connectivity index (χ0n) is 17.7. The highest BCUT2D eigenvalue weighted by molar-refractivity contribution is 5.98. The lowest BCUT2D eigenvalue weighted by molar-refractivity contribution is -0.274. The van der Waals surface area contributed by atoms with Gasteiger partial charge in [0, 0.05) is 23.6 Å². The van der Waals surface area contributed by atoms with Gasteiger partial charge < -0.3 is 15.4 Å². The second-order valence-electron chi connectivity index (χ2n) is 5.45. The van der Waals surface area contributed by atoms with E-state index in [1.165, 1.54) is 24.4 Å². The molecule has 2 aromatic heterocycles. The summed E-state index contributed by atoms with van der Waals surface area (Å²) in [6.07, 6.45) is -3.39. The monoisotopic (exact) mass is 411 g/mol. The minimum Gasteiger partial charge on any atom is -0.403 e. The van der Waals surface area contributed by atoms with Crippen LogP contribution in [0.25, 0.3) is 5.69 Å². The Balaban J connectivity index is 1.98. The van der Waals surface area contributed by atoms with Gasteiger partial charge in [-0.2, -0.15) is 5.10 Å². The molecule has 29 heavy (non-hydrogen) atoms. The number of carbonyl (C=O) groups is 1. The first kappa shape index (κ1) is 16.2. The molecule has 3 rings (SSSR count). The SMILES string of the molecule is [2H]C([2H])([2H])NC(=O)c1nnccc1Nc1ccc(-n2nnc(CC)n2)cc1OC(F)(F)F. The van der Waals surface area contributed by atoms with E-state index in [4.69, 9.17) is 4.11 Å². The van der Waals surface area contributed by atoms with E-state index >= 15 is 0 Å². The van der Waals surface area contributed by atoms with Crippen molar-refractivity contribution in [3.05, 3.63) is 42.0 Å². The van der Waals surface area contributed by atoms with E-state index in [2.05, 4.69) is 35.7 Å². The zero-order valence-corrected chi connectivity index (χ0v) is 14.7. The molecular weight excluding hydrogens is 393 g/mol. The van der Waals surface area contributed by atoms with Gasteiger partial charge in [-0.25, -0.2) is 0 Å². The molecule has 1 amide bonds. The summed E-state index contributed by atoms with van der Waals surface area (Å²) in [5, 5.41) is 23.0. The van der Waals surface area contributed by atoms with Crippen LogP contribution >= 0.6 is 0 Å². The summed E-state index contributed by atoms with van der Waals surface area (Å²) < 4.78 is 64.5. The molecular formula is C16H15F3N8O2. The molecule has 0 fully saturated rings. The number of nitrogens with zero attached hydrogens (tertiary/aromatic N) is 6. The number of aromatic nitrogens is 6. The number of alkyl halides is 3. The number of hydrogen-bond acceptors (Lipinski definition) is 8. The van der Waals surface area contributed by atoms with Gasteiger partial charge in [0.2, 0.25) is 0 Å². The third-order valence-electron chi connectivity index (χ3n) is 3.51. The number of halogens is 3. The summed E-state index contributed by atoms with van der Waals surface area (Å²) in [7, 11) is 0. The summed E-state index contributed by atoms with van der Waals surface area (Å²) in [6, 6.07) is 4.88. The van der Waals surface area contributed by atoms with E-state index in [0.29, 0.717) is 12.2 Å². The van der Waals surface area contributed by atoms with Gasteiger partial charge in [-0.05, 0) is 23.4 Å². The van der Waals surface area contributed by atoms with Crippen molar-refractivity contribution in [1.29, 1.82) is 0 Å². The number of tetrazole rings is 1. The third kappa shape index (κ3) is 4.75. The largest absolute Gasteiger partial charge is 0.573 e. The second kappa shape index (κ2) is 8.08. The first-order chi connectivity index (χ1) is 14.9. The summed E-state index contributed by atoms with van der Waals surface area (Å²) in [5.74, 6) is -1.38. The van der Waals surface area contributed by atoms with E-state index in [1.807, 2.05) is 0 Å². The van der Waals surface area contributed by atoms with Gasteiger partial charge in [0.1, 0.15) is 0 Å². The molecule has 13 heteroatoms. The Morgan fingerprint density at radius 2 is 2.10 bits per heavy atom. The first-order valence-electron chi connectivity index (χ1n) is 9.55. The first-order valence-corrected chi connectivity index (χ1v) is 8.05. The van der Waals surface area contributed by atoms with Crippen LogP contribution in [-0.2, 0) is 6.42 Å². The number of aryl methyl sites for hydroxylation is 1. The summed E-state index contributed by atoms with van der Waals surface area (Å²) in [4.78, 5) is 13.2. The van der Waals surface area contributed by atoms with E-state index in [1.54, 1.807) is 12.2 Å². The molecule has 1 aromatic carbocycles. The maximum Gasteiger partial charge on any atom is 0.573 e. The highest BCUT2D eigenvalue weighted by atomic mass is 19.4. The van der Waals surface area contributed by atoms with E-state index < -0.39 is 30.7 Å². The molecule has 10 nitrogen and oxygen atoms in total. The Kier molecular flexibility index (Phi) is 4.52. The molecule has 0 bridgehead atoms. The molecule has 0 atom stereocenters. The minimum atomic E-state index is -5.03. The molecule has 0 saturated heterocycles. The van der Waals surface area contributed by atoms with Crippen LogP contribution < -0.4 is 15.4 Å². The van der Waals surface area contributed by atoms with E-state index in [0.717, 1.165) is 10.9 Å².